The minimum atomic E-state index is -0.496. The Bertz CT molecular complexity index is 713. The number of rotatable bonds is 5. The molecule has 0 aliphatic carbocycles. The van der Waals surface area contributed by atoms with Crippen molar-refractivity contribution in [2.24, 2.45) is 0 Å². The van der Waals surface area contributed by atoms with Gasteiger partial charge < -0.3 is 9.88 Å². The van der Waals surface area contributed by atoms with Gasteiger partial charge in [0.05, 0.1) is 6.54 Å². The molecule has 7 heteroatoms. The van der Waals surface area contributed by atoms with Gasteiger partial charge in [0.1, 0.15) is 5.69 Å². The van der Waals surface area contributed by atoms with Crippen LogP contribution in [-0.4, -0.2) is 43.6 Å². The lowest BCUT2D eigenvalue weighted by Crippen LogP contribution is -2.36. The zero-order valence-electron chi connectivity index (χ0n) is 14.0. The zero-order chi connectivity index (χ0) is 17.0. The summed E-state index contributed by atoms with van der Waals surface area (Å²) >= 11 is 0. The molecule has 2 aromatic rings. The topological polar surface area (TPSA) is 83.9 Å². The molecule has 0 saturated heterocycles. The van der Waals surface area contributed by atoms with Gasteiger partial charge in [-0.3, -0.25) is 9.48 Å². The minimum absolute atomic E-state index is 0.181. The average molecular weight is 317 g/mol. The molecule has 0 aliphatic rings. The molecule has 0 saturated carbocycles. The van der Waals surface area contributed by atoms with Crippen molar-refractivity contribution in [2.45, 2.75) is 39.7 Å². The molecule has 7 nitrogen and oxygen atoms in total. The summed E-state index contributed by atoms with van der Waals surface area (Å²) in [6.45, 7) is 9.47. The normalized spacial score (nSPS) is 11.5. The van der Waals surface area contributed by atoms with E-state index >= 15 is 0 Å². The van der Waals surface area contributed by atoms with Gasteiger partial charge in [0.2, 0.25) is 0 Å². The van der Waals surface area contributed by atoms with Crippen LogP contribution in [0.3, 0.4) is 0 Å². The quantitative estimate of drug-likeness (QED) is 0.904. The standard InChI is InChI=1S/C16H23N5O2/c1-5-20(9-10-21-8-6-7-17-21)14(22)12-11-13(16(2,3)4)19-15(23)18-12/h6-8,11H,5,9-10H2,1-4H3,(H,18,19,23). The monoisotopic (exact) mass is 317 g/mol. The summed E-state index contributed by atoms with van der Waals surface area (Å²) in [5.74, 6) is -0.240. The van der Waals surface area contributed by atoms with E-state index in [1.165, 1.54) is 0 Å². The number of carbonyl (C=O) groups is 1. The fourth-order valence-corrected chi connectivity index (χ4v) is 2.19. The largest absolute Gasteiger partial charge is 0.345 e. The zero-order valence-corrected chi connectivity index (χ0v) is 14.0. The third-order valence-electron chi connectivity index (χ3n) is 3.60. The van der Waals surface area contributed by atoms with Gasteiger partial charge in [-0.15, -0.1) is 0 Å². The number of aromatic amines is 1. The van der Waals surface area contributed by atoms with Gasteiger partial charge in [0.15, 0.2) is 0 Å². The summed E-state index contributed by atoms with van der Waals surface area (Å²) in [7, 11) is 0. The summed E-state index contributed by atoms with van der Waals surface area (Å²) in [5, 5.41) is 4.12. The minimum Gasteiger partial charge on any atom is -0.336 e. The Hall–Kier alpha value is -2.44. The SMILES string of the molecule is CCN(CCn1cccn1)C(=O)c1cc(C(C)(C)C)[nH]c(=O)n1. The number of carbonyl (C=O) groups excluding carboxylic acids is 1. The first-order valence-corrected chi connectivity index (χ1v) is 7.70. The predicted octanol–water partition coefficient (Wildman–Crippen LogP) is 1.43. The van der Waals surface area contributed by atoms with Crippen LogP contribution in [0.4, 0.5) is 0 Å². The van der Waals surface area contributed by atoms with E-state index in [9.17, 15) is 9.59 Å². The maximum absolute atomic E-state index is 12.6. The van der Waals surface area contributed by atoms with Crippen LogP contribution < -0.4 is 5.69 Å². The van der Waals surface area contributed by atoms with Gasteiger partial charge in [-0.1, -0.05) is 20.8 Å². The van der Waals surface area contributed by atoms with Crippen LogP contribution in [0, 0.1) is 0 Å². The molecule has 0 aromatic carbocycles. The molecule has 0 fully saturated rings. The lowest BCUT2D eigenvalue weighted by molar-refractivity contribution is 0.0750. The van der Waals surface area contributed by atoms with E-state index in [-0.39, 0.29) is 17.0 Å². The molecule has 1 N–H and O–H groups in total. The van der Waals surface area contributed by atoms with Gasteiger partial charge >= 0.3 is 5.69 Å². The Morgan fingerprint density at radius 2 is 2.13 bits per heavy atom. The number of amides is 1. The third-order valence-corrected chi connectivity index (χ3v) is 3.60. The Balaban J connectivity index is 2.20. The van der Waals surface area contributed by atoms with Crippen molar-refractivity contribution in [1.29, 1.82) is 0 Å². The van der Waals surface area contributed by atoms with Crippen LogP contribution in [0.15, 0.2) is 29.3 Å². The number of H-pyrrole nitrogens is 1. The van der Waals surface area contributed by atoms with E-state index in [1.54, 1.807) is 21.8 Å². The van der Waals surface area contributed by atoms with E-state index in [0.29, 0.717) is 25.3 Å². The molecule has 2 rings (SSSR count). The third kappa shape index (κ3) is 4.28. The molecule has 0 atom stereocenters. The summed E-state index contributed by atoms with van der Waals surface area (Å²) in [6.07, 6.45) is 3.55. The molecule has 2 heterocycles. The Kier molecular flexibility index (Phi) is 4.98. The molecule has 2 aromatic heterocycles. The van der Waals surface area contributed by atoms with E-state index < -0.39 is 5.69 Å². The second-order valence-electron chi connectivity index (χ2n) is 6.39. The van der Waals surface area contributed by atoms with Crippen molar-refractivity contribution >= 4 is 5.91 Å². The van der Waals surface area contributed by atoms with Crippen LogP contribution in [0.2, 0.25) is 0 Å². The smallest absolute Gasteiger partial charge is 0.336 e. The Morgan fingerprint density at radius 1 is 1.39 bits per heavy atom. The molecule has 0 bridgehead atoms. The highest BCUT2D eigenvalue weighted by atomic mass is 16.2. The molecule has 0 radical (unpaired) electrons. The molecule has 1 amide bonds. The van der Waals surface area contributed by atoms with Gasteiger partial charge in [-0.25, -0.2) is 4.79 Å². The van der Waals surface area contributed by atoms with E-state index in [1.807, 2.05) is 40.0 Å². The first-order chi connectivity index (χ1) is 10.8. The van der Waals surface area contributed by atoms with Crippen LogP contribution >= 0.6 is 0 Å². The first-order valence-electron chi connectivity index (χ1n) is 7.70. The molecule has 0 spiro atoms. The predicted molar refractivity (Wildman–Crippen MR) is 87.4 cm³/mol. The second-order valence-corrected chi connectivity index (χ2v) is 6.39. The van der Waals surface area contributed by atoms with Crippen LogP contribution in [-0.2, 0) is 12.0 Å². The number of nitrogens with zero attached hydrogens (tertiary/aromatic N) is 4. The molecule has 0 unspecified atom stereocenters. The second kappa shape index (κ2) is 6.76. The maximum Gasteiger partial charge on any atom is 0.345 e. The van der Waals surface area contributed by atoms with Gasteiger partial charge in [0, 0.05) is 36.6 Å². The van der Waals surface area contributed by atoms with Crippen molar-refractivity contribution < 1.29 is 4.79 Å². The summed E-state index contributed by atoms with van der Waals surface area (Å²) in [6, 6.07) is 3.51. The molecular weight excluding hydrogens is 294 g/mol. The lowest BCUT2D eigenvalue weighted by atomic mass is 9.91. The molecule has 23 heavy (non-hydrogen) atoms. The number of aromatic nitrogens is 4. The van der Waals surface area contributed by atoms with E-state index in [2.05, 4.69) is 15.1 Å². The van der Waals surface area contributed by atoms with Crippen molar-refractivity contribution in [3.63, 3.8) is 0 Å². The van der Waals surface area contributed by atoms with Crippen LogP contribution in [0.5, 0.6) is 0 Å². The van der Waals surface area contributed by atoms with Crippen LogP contribution in [0.25, 0.3) is 0 Å². The van der Waals surface area contributed by atoms with Crippen molar-refractivity contribution in [3.05, 3.63) is 46.4 Å². The Labute approximate surface area is 135 Å². The molecule has 0 aliphatic heterocycles. The number of likely N-dealkylation sites (N-methyl/N-ethyl adjacent to an activating group) is 1. The van der Waals surface area contributed by atoms with Crippen molar-refractivity contribution in [1.82, 2.24) is 24.6 Å². The first kappa shape index (κ1) is 16.9. The lowest BCUT2D eigenvalue weighted by Gasteiger charge is -2.22. The highest BCUT2D eigenvalue weighted by molar-refractivity contribution is 5.92. The van der Waals surface area contributed by atoms with E-state index in [4.69, 9.17) is 0 Å². The maximum atomic E-state index is 12.6. The fraction of sp³-hybridized carbons (Fsp3) is 0.500. The van der Waals surface area contributed by atoms with Gasteiger partial charge in [0.25, 0.3) is 5.91 Å². The molecular formula is C16H23N5O2. The summed E-state index contributed by atoms with van der Waals surface area (Å²) < 4.78 is 1.77. The fourth-order valence-electron chi connectivity index (χ4n) is 2.19. The van der Waals surface area contributed by atoms with Crippen molar-refractivity contribution in [2.75, 3.05) is 13.1 Å². The van der Waals surface area contributed by atoms with Crippen molar-refractivity contribution in [3.8, 4) is 0 Å². The van der Waals surface area contributed by atoms with E-state index in [0.717, 1.165) is 0 Å². The van der Waals surface area contributed by atoms with Gasteiger partial charge in [-0.05, 0) is 19.1 Å². The number of hydrogen-bond acceptors (Lipinski definition) is 4. The highest BCUT2D eigenvalue weighted by Crippen LogP contribution is 2.19. The number of nitrogens with one attached hydrogen (secondary N) is 1. The Morgan fingerprint density at radius 3 is 2.70 bits per heavy atom. The van der Waals surface area contributed by atoms with Crippen LogP contribution in [0.1, 0.15) is 43.9 Å². The summed E-state index contributed by atoms with van der Waals surface area (Å²) in [5.41, 5.74) is 0.123. The number of hydrogen-bond donors (Lipinski definition) is 1. The van der Waals surface area contributed by atoms with Gasteiger partial charge in [-0.2, -0.15) is 10.1 Å². The average Bonchev–Trinajstić information content (AvgIpc) is 2.99. The highest BCUT2D eigenvalue weighted by Gasteiger charge is 2.21. The molecule has 124 valence electrons. The summed E-state index contributed by atoms with van der Waals surface area (Å²) in [4.78, 5) is 32.6.